The number of thiophene rings is 1. The van der Waals surface area contributed by atoms with Crippen molar-refractivity contribution in [2.45, 2.75) is 30.1 Å². The van der Waals surface area contributed by atoms with Crippen LogP contribution in [0.2, 0.25) is 5.02 Å². The van der Waals surface area contributed by atoms with Crippen molar-refractivity contribution < 1.29 is 13.2 Å². The van der Waals surface area contributed by atoms with E-state index >= 15 is 0 Å². The van der Waals surface area contributed by atoms with E-state index in [4.69, 9.17) is 16.3 Å². The Bertz CT molecular complexity index is 777. The predicted molar refractivity (Wildman–Crippen MR) is 88.5 cm³/mol. The summed E-state index contributed by atoms with van der Waals surface area (Å²) in [5, 5.41) is 0.429. The molecule has 6 nitrogen and oxygen atoms in total. The average Bonchev–Trinajstić information content (AvgIpc) is 2.97. The van der Waals surface area contributed by atoms with Gasteiger partial charge >= 0.3 is 6.01 Å². The molecular weight excluding hydrogens is 358 g/mol. The number of halogens is 1. The second-order valence-corrected chi connectivity index (χ2v) is 9.18. The number of hydrogen-bond acceptors (Lipinski definition) is 6. The molecule has 1 aliphatic heterocycles. The van der Waals surface area contributed by atoms with Gasteiger partial charge in [0.05, 0.1) is 24.0 Å². The molecule has 0 amide bonds. The van der Waals surface area contributed by atoms with Crippen LogP contribution in [0.1, 0.15) is 17.7 Å². The van der Waals surface area contributed by atoms with E-state index in [0.717, 1.165) is 17.7 Å². The van der Waals surface area contributed by atoms with Crippen molar-refractivity contribution in [3.05, 3.63) is 34.4 Å². The quantitative estimate of drug-likeness (QED) is 0.823. The monoisotopic (exact) mass is 373 g/mol. The minimum absolute atomic E-state index is 0.214. The molecule has 0 spiro atoms. The Morgan fingerprint density at radius 3 is 2.74 bits per heavy atom. The molecule has 1 fully saturated rings. The summed E-state index contributed by atoms with van der Waals surface area (Å²) < 4.78 is 32.9. The first-order chi connectivity index (χ1) is 10.9. The Hall–Kier alpha value is -1.22. The minimum Gasteiger partial charge on any atom is -0.459 e. The Morgan fingerprint density at radius 1 is 1.35 bits per heavy atom. The van der Waals surface area contributed by atoms with Gasteiger partial charge in [-0.25, -0.2) is 18.4 Å². The SMILES string of the molecule is Cc1ccc(S(=O)(=O)N2CCCC(Oc3ncc(Cl)cn3)C2)s1. The predicted octanol–water partition coefficient (Wildman–Crippen LogP) is 2.73. The first-order valence-corrected chi connectivity index (χ1v) is 9.79. The van der Waals surface area contributed by atoms with E-state index in [1.165, 1.54) is 28.0 Å². The standard InChI is InChI=1S/C14H16ClN3O3S2/c1-10-4-5-13(22-10)23(19,20)18-6-2-3-12(9-18)21-14-16-7-11(15)8-17-14/h4-5,7-8,12H,2-3,6,9H2,1H3. The first-order valence-electron chi connectivity index (χ1n) is 7.16. The molecule has 2 aromatic rings. The van der Waals surface area contributed by atoms with Crippen LogP contribution >= 0.6 is 22.9 Å². The molecule has 23 heavy (non-hydrogen) atoms. The van der Waals surface area contributed by atoms with Gasteiger partial charge in [0.15, 0.2) is 0 Å². The van der Waals surface area contributed by atoms with Gasteiger partial charge in [0.1, 0.15) is 10.3 Å². The lowest BCUT2D eigenvalue weighted by atomic mass is 10.1. The third-order valence-corrected chi connectivity index (χ3v) is 7.05. The Balaban J connectivity index is 1.71. The molecule has 0 bridgehead atoms. The largest absolute Gasteiger partial charge is 0.459 e. The molecule has 0 radical (unpaired) electrons. The smallest absolute Gasteiger partial charge is 0.316 e. The van der Waals surface area contributed by atoms with Crippen molar-refractivity contribution in [2.24, 2.45) is 0 Å². The van der Waals surface area contributed by atoms with E-state index in [2.05, 4.69) is 9.97 Å². The van der Waals surface area contributed by atoms with Crippen molar-refractivity contribution >= 4 is 33.0 Å². The second kappa shape index (κ2) is 6.72. The van der Waals surface area contributed by atoms with Gasteiger partial charge in [0, 0.05) is 11.4 Å². The molecule has 1 atom stereocenters. The van der Waals surface area contributed by atoms with Crippen molar-refractivity contribution in [1.29, 1.82) is 0 Å². The number of aromatic nitrogens is 2. The van der Waals surface area contributed by atoms with E-state index < -0.39 is 10.0 Å². The van der Waals surface area contributed by atoms with Crippen molar-refractivity contribution in [3.8, 4) is 6.01 Å². The zero-order valence-corrected chi connectivity index (χ0v) is 14.9. The number of aryl methyl sites for hydroxylation is 1. The average molecular weight is 374 g/mol. The number of hydrogen-bond donors (Lipinski definition) is 0. The highest BCUT2D eigenvalue weighted by molar-refractivity contribution is 7.91. The fourth-order valence-electron chi connectivity index (χ4n) is 2.41. The number of nitrogens with zero attached hydrogens (tertiary/aromatic N) is 3. The summed E-state index contributed by atoms with van der Waals surface area (Å²) >= 11 is 7.03. The van der Waals surface area contributed by atoms with Gasteiger partial charge < -0.3 is 4.74 Å². The third kappa shape index (κ3) is 3.82. The van der Waals surface area contributed by atoms with Crippen LogP contribution in [0.15, 0.2) is 28.7 Å². The fraction of sp³-hybridized carbons (Fsp3) is 0.429. The van der Waals surface area contributed by atoms with Crippen LogP contribution in [-0.4, -0.2) is 41.9 Å². The molecule has 0 aromatic carbocycles. The molecule has 0 saturated carbocycles. The van der Waals surface area contributed by atoms with Gasteiger partial charge in [-0.2, -0.15) is 4.31 Å². The van der Waals surface area contributed by atoms with Gasteiger partial charge in [0.25, 0.3) is 10.0 Å². The summed E-state index contributed by atoms with van der Waals surface area (Å²) in [4.78, 5) is 8.95. The normalized spacial score (nSPS) is 19.7. The van der Waals surface area contributed by atoms with Gasteiger partial charge in [-0.15, -0.1) is 11.3 Å². The van der Waals surface area contributed by atoms with Crippen LogP contribution in [0.5, 0.6) is 6.01 Å². The molecule has 2 aromatic heterocycles. The van der Waals surface area contributed by atoms with E-state index in [9.17, 15) is 8.42 Å². The van der Waals surface area contributed by atoms with Gasteiger partial charge in [-0.05, 0) is 31.9 Å². The molecule has 0 N–H and O–H groups in total. The maximum atomic E-state index is 12.7. The summed E-state index contributed by atoms with van der Waals surface area (Å²) in [6.45, 7) is 2.69. The number of ether oxygens (including phenoxy) is 1. The van der Waals surface area contributed by atoms with Crippen LogP contribution in [-0.2, 0) is 10.0 Å². The van der Waals surface area contributed by atoms with Crippen LogP contribution < -0.4 is 4.74 Å². The van der Waals surface area contributed by atoms with E-state index in [1.807, 2.05) is 13.0 Å². The zero-order valence-electron chi connectivity index (χ0n) is 12.5. The number of piperidine rings is 1. The van der Waals surface area contributed by atoms with E-state index in [0.29, 0.717) is 22.3 Å². The summed E-state index contributed by atoms with van der Waals surface area (Å²) in [6.07, 6.45) is 4.15. The molecule has 1 unspecified atom stereocenters. The first kappa shape index (κ1) is 16.6. The molecule has 3 heterocycles. The van der Waals surface area contributed by atoms with Crippen molar-refractivity contribution in [1.82, 2.24) is 14.3 Å². The number of rotatable bonds is 4. The Morgan fingerprint density at radius 2 is 2.09 bits per heavy atom. The molecule has 9 heteroatoms. The van der Waals surface area contributed by atoms with Crippen LogP contribution in [0.25, 0.3) is 0 Å². The van der Waals surface area contributed by atoms with Crippen LogP contribution in [0.3, 0.4) is 0 Å². The van der Waals surface area contributed by atoms with Gasteiger partial charge in [-0.3, -0.25) is 0 Å². The molecule has 0 aliphatic carbocycles. The lowest BCUT2D eigenvalue weighted by Crippen LogP contribution is -2.44. The number of sulfonamides is 1. The summed E-state index contributed by atoms with van der Waals surface area (Å²) in [5.74, 6) is 0. The van der Waals surface area contributed by atoms with Crippen molar-refractivity contribution in [3.63, 3.8) is 0 Å². The lowest BCUT2D eigenvalue weighted by Gasteiger charge is -2.31. The Kier molecular flexibility index (Phi) is 4.86. The van der Waals surface area contributed by atoms with E-state index in [-0.39, 0.29) is 12.1 Å². The van der Waals surface area contributed by atoms with Crippen LogP contribution in [0, 0.1) is 6.92 Å². The second-order valence-electron chi connectivity index (χ2n) is 5.29. The minimum atomic E-state index is -3.46. The highest BCUT2D eigenvalue weighted by Crippen LogP contribution is 2.27. The van der Waals surface area contributed by atoms with Crippen molar-refractivity contribution in [2.75, 3.05) is 13.1 Å². The zero-order chi connectivity index (χ0) is 16.4. The Labute approximate surface area is 144 Å². The highest BCUT2D eigenvalue weighted by atomic mass is 35.5. The topological polar surface area (TPSA) is 72.4 Å². The maximum absolute atomic E-state index is 12.7. The van der Waals surface area contributed by atoms with Gasteiger partial charge in [-0.1, -0.05) is 11.6 Å². The van der Waals surface area contributed by atoms with E-state index in [1.54, 1.807) is 6.07 Å². The van der Waals surface area contributed by atoms with Crippen LogP contribution in [0.4, 0.5) is 0 Å². The fourth-order valence-corrected chi connectivity index (χ4v) is 5.45. The summed E-state index contributed by atoms with van der Waals surface area (Å²) in [5.41, 5.74) is 0. The highest BCUT2D eigenvalue weighted by Gasteiger charge is 2.32. The molecule has 1 saturated heterocycles. The van der Waals surface area contributed by atoms with Gasteiger partial charge in [0.2, 0.25) is 0 Å². The third-order valence-electron chi connectivity index (χ3n) is 3.52. The molecule has 3 rings (SSSR count). The lowest BCUT2D eigenvalue weighted by molar-refractivity contribution is 0.119. The maximum Gasteiger partial charge on any atom is 0.316 e. The summed E-state index contributed by atoms with van der Waals surface area (Å²) in [7, 11) is -3.46. The summed E-state index contributed by atoms with van der Waals surface area (Å²) in [6, 6.07) is 3.68. The molecule has 1 aliphatic rings. The molecule has 124 valence electrons. The molecular formula is C14H16ClN3O3S2.